The van der Waals surface area contributed by atoms with E-state index in [1.165, 1.54) is 44.1 Å². The van der Waals surface area contributed by atoms with Crippen LogP contribution in [0, 0.1) is 19.8 Å². The normalized spacial score (nSPS) is 26.4. The Morgan fingerprint density at radius 2 is 1.90 bits per heavy atom. The molecule has 2 unspecified atom stereocenters. The first-order chi connectivity index (χ1) is 10.1. The molecule has 1 aliphatic carbocycles. The van der Waals surface area contributed by atoms with Crippen molar-refractivity contribution in [2.45, 2.75) is 58.4 Å². The molecule has 0 amide bonds. The van der Waals surface area contributed by atoms with E-state index in [9.17, 15) is 4.79 Å². The second-order valence-electron chi connectivity index (χ2n) is 6.97. The van der Waals surface area contributed by atoms with E-state index in [4.69, 9.17) is 0 Å². The number of rotatable bonds is 3. The number of likely N-dealkylation sites (tertiary alicyclic amines) is 1. The standard InChI is InChI=1S/C19H27NO/c1-14-9-10-17(15(2)12-14)19(21)13-20-11-5-7-16-6-3-4-8-18(16)20/h9-10,12,16,18H,3-8,11,13H2,1-2H3. The first-order valence-electron chi connectivity index (χ1n) is 8.49. The Hall–Kier alpha value is -1.15. The number of carbonyl (C=O) groups is 1. The summed E-state index contributed by atoms with van der Waals surface area (Å²) < 4.78 is 0. The molecule has 0 bridgehead atoms. The number of fused-ring (bicyclic) bond motifs is 1. The Balaban J connectivity index is 1.71. The average molecular weight is 285 g/mol. The predicted octanol–water partition coefficient (Wildman–Crippen LogP) is 4.14. The minimum atomic E-state index is 0.304. The van der Waals surface area contributed by atoms with Crippen LogP contribution in [0.5, 0.6) is 0 Å². The molecule has 2 atom stereocenters. The van der Waals surface area contributed by atoms with Gasteiger partial charge in [0.05, 0.1) is 6.54 Å². The lowest BCUT2D eigenvalue weighted by molar-refractivity contribution is 0.0539. The van der Waals surface area contributed by atoms with Gasteiger partial charge in [0.2, 0.25) is 0 Å². The maximum Gasteiger partial charge on any atom is 0.177 e. The summed E-state index contributed by atoms with van der Waals surface area (Å²) in [6, 6.07) is 6.85. The largest absolute Gasteiger partial charge is 0.293 e. The van der Waals surface area contributed by atoms with E-state index in [0.29, 0.717) is 18.4 Å². The van der Waals surface area contributed by atoms with Crippen LogP contribution >= 0.6 is 0 Å². The number of nitrogens with zero attached hydrogens (tertiary/aromatic N) is 1. The van der Waals surface area contributed by atoms with E-state index in [2.05, 4.69) is 30.9 Å². The van der Waals surface area contributed by atoms with Gasteiger partial charge >= 0.3 is 0 Å². The second-order valence-corrected chi connectivity index (χ2v) is 6.97. The Labute approximate surface area is 128 Å². The molecule has 2 aliphatic rings. The highest BCUT2D eigenvalue weighted by Crippen LogP contribution is 2.35. The van der Waals surface area contributed by atoms with Gasteiger partial charge in [0.25, 0.3) is 0 Å². The van der Waals surface area contributed by atoms with Gasteiger partial charge in [-0.15, -0.1) is 0 Å². The Morgan fingerprint density at radius 3 is 2.71 bits per heavy atom. The fourth-order valence-electron chi connectivity index (χ4n) is 4.32. The highest BCUT2D eigenvalue weighted by atomic mass is 16.1. The molecule has 2 heteroatoms. The number of ketones is 1. The fourth-order valence-corrected chi connectivity index (χ4v) is 4.32. The molecular formula is C19H27NO. The summed E-state index contributed by atoms with van der Waals surface area (Å²) in [7, 11) is 0. The number of piperidine rings is 1. The second kappa shape index (κ2) is 6.31. The minimum Gasteiger partial charge on any atom is -0.293 e. The van der Waals surface area contributed by atoms with Gasteiger partial charge in [0.15, 0.2) is 5.78 Å². The maximum atomic E-state index is 12.7. The van der Waals surface area contributed by atoms with E-state index in [1.807, 2.05) is 6.07 Å². The van der Waals surface area contributed by atoms with E-state index in [-0.39, 0.29) is 0 Å². The van der Waals surface area contributed by atoms with Crippen LogP contribution in [-0.2, 0) is 0 Å². The molecule has 3 rings (SSSR count). The molecule has 1 aromatic rings. The van der Waals surface area contributed by atoms with Crippen molar-refractivity contribution in [3.63, 3.8) is 0 Å². The summed E-state index contributed by atoms with van der Waals surface area (Å²) in [6.45, 7) is 5.86. The first-order valence-corrected chi connectivity index (χ1v) is 8.49. The Morgan fingerprint density at radius 1 is 1.14 bits per heavy atom. The third kappa shape index (κ3) is 3.21. The molecule has 0 spiro atoms. The lowest BCUT2D eigenvalue weighted by Gasteiger charge is -2.43. The van der Waals surface area contributed by atoms with Crippen LogP contribution in [0.4, 0.5) is 0 Å². The van der Waals surface area contributed by atoms with Crippen LogP contribution in [0.25, 0.3) is 0 Å². The van der Waals surface area contributed by atoms with Gasteiger partial charge in [-0.05, 0) is 57.6 Å². The average Bonchev–Trinajstić information content (AvgIpc) is 2.47. The molecule has 2 fully saturated rings. The lowest BCUT2D eigenvalue weighted by Crippen LogP contribution is -2.48. The highest BCUT2D eigenvalue weighted by molar-refractivity contribution is 5.99. The van der Waals surface area contributed by atoms with Crippen molar-refractivity contribution in [3.8, 4) is 0 Å². The highest BCUT2D eigenvalue weighted by Gasteiger charge is 2.34. The third-order valence-corrected chi connectivity index (χ3v) is 5.39. The number of benzene rings is 1. The van der Waals surface area contributed by atoms with Crippen molar-refractivity contribution in [1.82, 2.24) is 4.90 Å². The van der Waals surface area contributed by atoms with Crippen LogP contribution in [-0.4, -0.2) is 29.8 Å². The maximum absolute atomic E-state index is 12.7. The van der Waals surface area contributed by atoms with Crippen molar-refractivity contribution in [2.24, 2.45) is 5.92 Å². The van der Waals surface area contributed by atoms with Gasteiger partial charge in [0, 0.05) is 11.6 Å². The zero-order valence-electron chi connectivity index (χ0n) is 13.4. The number of Topliss-reactive ketones (excluding diaryl/α,β-unsaturated/α-hetero) is 1. The van der Waals surface area contributed by atoms with Crippen molar-refractivity contribution in [1.29, 1.82) is 0 Å². The van der Waals surface area contributed by atoms with E-state index >= 15 is 0 Å². The molecule has 0 N–H and O–H groups in total. The van der Waals surface area contributed by atoms with Crippen molar-refractivity contribution >= 4 is 5.78 Å². The Bertz CT molecular complexity index is 520. The number of aryl methyl sites for hydroxylation is 2. The molecule has 1 aliphatic heterocycles. The van der Waals surface area contributed by atoms with Gasteiger partial charge in [-0.2, -0.15) is 0 Å². The van der Waals surface area contributed by atoms with E-state index in [1.54, 1.807) is 0 Å². The molecule has 0 radical (unpaired) electrons. The van der Waals surface area contributed by atoms with Crippen molar-refractivity contribution < 1.29 is 4.79 Å². The van der Waals surface area contributed by atoms with Gasteiger partial charge in [-0.1, -0.05) is 36.6 Å². The summed E-state index contributed by atoms with van der Waals surface area (Å²) in [5.74, 6) is 1.15. The number of hydrogen-bond acceptors (Lipinski definition) is 2. The van der Waals surface area contributed by atoms with Crippen LogP contribution in [0.3, 0.4) is 0 Å². The molecule has 21 heavy (non-hydrogen) atoms. The van der Waals surface area contributed by atoms with Gasteiger partial charge < -0.3 is 0 Å². The summed E-state index contributed by atoms with van der Waals surface area (Å²) in [6.07, 6.45) is 8.04. The van der Waals surface area contributed by atoms with Crippen LogP contribution < -0.4 is 0 Å². The van der Waals surface area contributed by atoms with Crippen LogP contribution in [0.2, 0.25) is 0 Å². The lowest BCUT2D eigenvalue weighted by atomic mass is 9.78. The third-order valence-electron chi connectivity index (χ3n) is 5.39. The van der Waals surface area contributed by atoms with Gasteiger partial charge in [0.1, 0.15) is 0 Å². The summed E-state index contributed by atoms with van der Waals surface area (Å²) in [4.78, 5) is 15.2. The summed E-state index contributed by atoms with van der Waals surface area (Å²) >= 11 is 0. The molecule has 1 saturated heterocycles. The predicted molar refractivity (Wildman–Crippen MR) is 86.8 cm³/mol. The Kier molecular flexibility index (Phi) is 4.44. The fraction of sp³-hybridized carbons (Fsp3) is 0.632. The first kappa shape index (κ1) is 14.8. The van der Waals surface area contributed by atoms with Crippen LogP contribution in [0.1, 0.15) is 60.0 Å². The zero-order valence-corrected chi connectivity index (χ0v) is 13.4. The zero-order chi connectivity index (χ0) is 14.8. The van der Waals surface area contributed by atoms with E-state index in [0.717, 1.165) is 23.6 Å². The van der Waals surface area contributed by atoms with Crippen molar-refractivity contribution in [2.75, 3.05) is 13.1 Å². The molecule has 1 aromatic carbocycles. The molecule has 1 heterocycles. The summed E-state index contributed by atoms with van der Waals surface area (Å²) in [5.41, 5.74) is 3.27. The van der Waals surface area contributed by atoms with Crippen molar-refractivity contribution in [3.05, 3.63) is 34.9 Å². The van der Waals surface area contributed by atoms with Gasteiger partial charge in [-0.3, -0.25) is 9.69 Å². The summed E-state index contributed by atoms with van der Waals surface area (Å²) in [5, 5.41) is 0. The monoisotopic (exact) mass is 285 g/mol. The smallest absolute Gasteiger partial charge is 0.177 e. The quantitative estimate of drug-likeness (QED) is 0.778. The molecular weight excluding hydrogens is 258 g/mol. The van der Waals surface area contributed by atoms with Gasteiger partial charge in [-0.25, -0.2) is 0 Å². The number of hydrogen-bond donors (Lipinski definition) is 0. The van der Waals surface area contributed by atoms with E-state index < -0.39 is 0 Å². The molecule has 0 aromatic heterocycles. The van der Waals surface area contributed by atoms with Crippen LogP contribution in [0.15, 0.2) is 18.2 Å². The molecule has 1 saturated carbocycles. The minimum absolute atomic E-state index is 0.304. The SMILES string of the molecule is Cc1ccc(C(=O)CN2CCCC3CCCCC32)c(C)c1. The topological polar surface area (TPSA) is 20.3 Å². The number of carbonyl (C=O) groups excluding carboxylic acids is 1. The molecule has 114 valence electrons. The molecule has 2 nitrogen and oxygen atoms in total.